The summed E-state index contributed by atoms with van der Waals surface area (Å²) in [6, 6.07) is 0.0301. The first-order chi connectivity index (χ1) is 4.83. The Kier molecular flexibility index (Phi) is 4.94. The number of aliphatic hydroxyl groups is 1. The molecule has 1 unspecified atom stereocenters. The van der Waals surface area contributed by atoms with Crippen molar-refractivity contribution in [2.24, 2.45) is 0 Å². The Balaban J connectivity index is 0.000000371. The van der Waals surface area contributed by atoms with Crippen molar-refractivity contribution < 1.29 is 9.90 Å². The summed E-state index contributed by atoms with van der Waals surface area (Å²) in [5.74, 6) is 0.0593. The molecular formula is C7H15NO2. The van der Waals surface area contributed by atoms with Gasteiger partial charge in [-0.05, 0) is 6.42 Å². The Bertz CT molecular complexity index is 104. The first kappa shape index (κ1) is 9.43. The lowest BCUT2D eigenvalue weighted by molar-refractivity contribution is -0.119. The van der Waals surface area contributed by atoms with E-state index >= 15 is 0 Å². The van der Waals surface area contributed by atoms with Gasteiger partial charge in [-0.3, -0.25) is 4.79 Å². The minimum Gasteiger partial charge on any atom is -0.394 e. The van der Waals surface area contributed by atoms with Crippen molar-refractivity contribution >= 4 is 5.91 Å². The summed E-state index contributed by atoms with van der Waals surface area (Å²) in [6.07, 6.45) is 1.36. The molecule has 1 amide bonds. The number of hydrogen-bond acceptors (Lipinski definition) is 2. The van der Waals surface area contributed by atoms with Gasteiger partial charge in [0.2, 0.25) is 5.91 Å². The lowest BCUT2D eigenvalue weighted by Crippen LogP contribution is -2.28. The molecule has 1 fully saturated rings. The molecule has 3 nitrogen and oxygen atoms in total. The van der Waals surface area contributed by atoms with Gasteiger partial charge < -0.3 is 10.4 Å². The van der Waals surface area contributed by atoms with Crippen LogP contribution in [0.15, 0.2) is 0 Å². The molecule has 0 spiro atoms. The van der Waals surface area contributed by atoms with Gasteiger partial charge in [0, 0.05) is 6.42 Å². The van der Waals surface area contributed by atoms with Gasteiger partial charge >= 0.3 is 0 Å². The molecule has 1 rings (SSSR count). The minimum absolute atomic E-state index is 0.0301. The molecule has 10 heavy (non-hydrogen) atoms. The summed E-state index contributed by atoms with van der Waals surface area (Å²) in [7, 11) is 0. The highest BCUT2D eigenvalue weighted by atomic mass is 16.3. The van der Waals surface area contributed by atoms with E-state index in [0.29, 0.717) is 6.42 Å². The summed E-state index contributed by atoms with van der Waals surface area (Å²) >= 11 is 0. The average Bonchev–Trinajstić information content (AvgIpc) is 2.40. The standard InChI is InChI=1S/C5H9NO2.C2H6/c7-3-4-1-2-5(8)6-4;1-2/h4,7H,1-3H2,(H,6,8);1-2H3. The molecule has 1 heterocycles. The summed E-state index contributed by atoms with van der Waals surface area (Å²) in [4.78, 5) is 10.4. The fourth-order valence-electron chi connectivity index (χ4n) is 0.814. The molecule has 0 saturated carbocycles. The SMILES string of the molecule is CC.O=C1CCC(CO)N1. The largest absolute Gasteiger partial charge is 0.394 e. The molecule has 3 heteroatoms. The molecule has 60 valence electrons. The van der Waals surface area contributed by atoms with E-state index in [1.54, 1.807) is 0 Å². The minimum atomic E-state index is 0.0301. The molecule has 0 radical (unpaired) electrons. The van der Waals surface area contributed by atoms with Gasteiger partial charge in [-0.2, -0.15) is 0 Å². The van der Waals surface area contributed by atoms with Gasteiger partial charge in [0.15, 0.2) is 0 Å². The van der Waals surface area contributed by atoms with Crippen LogP contribution in [0, 0.1) is 0 Å². The number of amides is 1. The molecule has 0 aromatic heterocycles. The van der Waals surface area contributed by atoms with Crippen molar-refractivity contribution in [2.45, 2.75) is 32.7 Å². The molecule has 0 aromatic carbocycles. The van der Waals surface area contributed by atoms with Gasteiger partial charge in [0.1, 0.15) is 0 Å². The Morgan fingerprint density at radius 3 is 2.50 bits per heavy atom. The van der Waals surface area contributed by atoms with E-state index in [4.69, 9.17) is 5.11 Å². The van der Waals surface area contributed by atoms with Crippen molar-refractivity contribution in [3.05, 3.63) is 0 Å². The van der Waals surface area contributed by atoms with Crippen LogP contribution >= 0.6 is 0 Å². The molecule has 1 atom stereocenters. The van der Waals surface area contributed by atoms with Crippen LogP contribution in [0.3, 0.4) is 0 Å². The molecule has 0 bridgehead atoms. The molecular weight excluding hydrogens is 130 g/mol. The number of rotatable bonds is 1. The van der Waals surface area contributed by atoms with Crippen molar-refractivity contribution in [1.82, 2.24) is 5.32 Å². The topological polar surface area (TPSA) is 49.3 Å². The maximum Gasteiger partial charge on any atom is 0.220 e. The average molecular weight is 145 g/mol. The third-order valence-electron chi connectivity index (χ3n) is 1.31. The second-order valence-corrected chi connectivity index (χ2v) is 1.99. The maximum atomic E-state index is 10.4. The lowest BCUT2D eigenvalue weighted by atomic mass is 10.2. The number of carbonyl (C=O) groups excluding carboxylic acids is 1. The summed E-state index contributed by atoms with van der Waals surface area (Å²) in [5.41, 5.74) is 0. The number of nitrogens with one attached hydrogen (secondary N) is 1. The number of carbonyl (C=O) groups is 1. The van der Waals surface area contributed by atoms with E-state index in [1.807, 2.05) is 13.8 Å². The van der Waals surface area contributed by atoms with E-state index in [-0.39, 0.29) is 18.6 Å². The van der Waals surface area contributed by atoms with E-state index in [2.05, 4.69) is 5.32 Å². The second kappa shape index (κ2) is 5.23. The lowest BCUT2D eigenvalue weighted by Gasteiger charge is -2.01. The van der Waals surface area contributed by atoms with Crippen LogP contribution in [0.2, 0.25) is 0 Å². The Labute approximate surface area is 61.4 Å². The zero-order valence-corrected chi connectivity index (χ0v) is 6.55. The quantitative estimate of drug-likeness (QED) is 0.557. The van der Waals surface area contributed by atoms with Crippen molar-refractivity contribution in [3.8, 4) is 0 Å². The van der Waals surface area contributed by atoms with Gasteiger partial charge in [0.05, 0.1) is 12.6 Å². The molecule has 1 aliphatic heterocycles. The van der Waals surface area contributed by atoms with Crippen LogP contribution in [0.4, 0.5) is 0 Å². The van der Waals surface area contributed by atoms with Crippen molar-refractivity contribution in [3.63, 3.8) is 0 Å². The number of aliphatic hydroxyl groups excluding tert-OH is 1. The van der Waals surface area contributed by atoms with Gasteiger partial charge in [-0.1, -0.05) is 13.8 Å². The maximum absolute atomic E-state index is 10.4. The van der Waals surface area contributed by atoms with E-state index in [0.717, 1.165) is 6.42 Å². The fourth-order valence-corrected chi connectivity index (χ4v) is 0.814. The highest BCUT2D eigenvalue weighted by molar-refractivity contribution is 5.78. The first-order valence-corrected chi connectivity index (χ1v) is 3.73. The molecule has 1 aliphatic rings. The zero-order valence-electron chi connectivity index (χ0n) is 6.55. The second-order valence-electron chi connectivity index (χ2n) is 1.99. The Hall–Kier alpha value is -0.570. The third-order valence-corrected chi connectivity index (χ3v) is 1.31. The zero-order chi connectivity index (χ0) is 7.98. The molecule has 1 saturated heterocycles. The Morgan fingerprint density at radius 1 is 1.70 bits per heavy atom. The summed E-state index contributed by atoms with van der Waals surface area (Å²) < 4.78 is 0. The molecule has 2 N–H and O–H groups in total. The van der Waals surface area contributed by atoms with E-state index in [9.17, 15) is 4.79 Å². The van der Waals surface area contributed by atoms with Crippen molar-refractivity contribution in [2.75, 3.05) is 6.61 Å². The predicted octanol–water partition coefficient (Wildman–Crippen LogP) is 0.283. The fraction of sp³-hybridized carbons (Fsp3) is 0.857. The van der Waals surface area contributed by atoms with Gasteiger partial charge in [-0.15, -0.1) is 0 Å². The van der Waals surface area contributed by atoms with Crippen LogP contribution in [0.25, 0.3) is 0 Å². The third kappa shape index (κ3) is 2.82. The van der Waals surface area contributed by atoms with Gasteiger partial charge in [-0.25, -0.2) is 0 Å². The molecule has 0 aliphatic carbocycles. The van der Waals surface area contributed by atoms with Crippen molar-refractivity contribution in [1.29, 1.82) is 0 Å². The summed E-state index contributed by atoms with van der Waals surface area (Å²) in [6.45, 7) is 4.08. The monoisotopic (exact) mass is 145 g/mol. The van der Waals surface area contributed by atoms with Gasteiger partial charge in [0.25, 0.3) is 0 Å². The smallest absolute Gasteiger partial charge is 0.220 e. The van der Waals surface area contributed by atoms with Crippen LogP contribution < -0.4 is 5.32 Å². The van der Waals surface area contributed by atoms with Crippen LogP contribution in [-0.2, 0) is 4.79 Å². The molecule has 0 aromatic rings. The highest BCUT2D eigenvalue weighted by Gasteiger charge is 2.18. The van der Waals surface area contributed by atoms with Crippen LogP contribution in [-0.4, -0.2) is 23.7 Å². The van der Waals surface area contributed by atoms with E-state index < -0.39 is 0 Å². The summed E-state index contributed by atoms with van der Waals surface area (Å²) in [5, 5.41) is 11.1. The normalized spacial score (nSPS) is 23.1. The first-order valence-electron chi connectivity index (χ1n) is 3.73. The van der Waals surface area contributed by atoms with E-state index in [1.165, 1.54) is 0 Å². The van der Waals surface area contributed by atoms with Crippen LogP contribution in [0.5, 0.6) is 0 Å². The van der Waals surface area contributed by atoms with Crippen LogP contribution in [0.1, 0.15) is 26.7 Å². The number of hydrogen-bond donors (Lipinski definition) is 2. The Morgan fingerprint density at radius 2 is 2.30 bits per heavy atom. The highest BCUT2D eigenvalue weighted by Crippen LogP contribution is 2.04. The predicted molar refractivity (Wildman–Crippen MR) is 39.6 cm³/mol.